The third-order valence-electron chi connectivity index (χ3n) is 29.8. The van der Waals surface area contributed by atoms with Crippen LogP contribution in [0.15, 0.2) is 122 Å². The van der Waals surface area contributed by atoms with Gasteiger partial charge in [-0.25, -0.2) is 48.7 Å². The molecule has 2 saturated carbocycles. The SMILES string of the molecule is CC(C)(C)OC(=O)N1CCC[C@H]1c1ncc(-c2ccc3c(c2)CCc2cc(-c4ccc5nc([C@@H]6[C@H]7CC[C@H](C7)N6C(=O)OC(C)(C)C)[nH]c5c4)ccc2-3)[nH]1.COC(=O)N[C@H](C(=O)N1CCC[C@H]1c1ncc(-c2ccc3c(c2)CCc2cc(-c4ccc5nc([C@@H]6[C@H]7CC[C@H](C7)N6C(=O)[C@@H](NC(=O)OC)C6CCOCC6)[nH]c5c4)ccc2-3)[nH]1)C1CCOCC1.COC(=O)N[C@H](C(=O)O)C1CCOCC1. The second kappa shape index (κ2) is 39.4. The second-order valence-corrected chi connectivity index (χ2v) is 40.6. The quantitative estimate of drug-likeness (QED) is 0.0393. The molecule has 10 aromatic rings. The molecule has 137 heavy (non-hydrogen) atoms. The van der Waals surface area contributed by atoms with Crippen molar-refractivity contribution in [1.29, 1.82) is 0 Å². The fraction of sp³-hybridized carbons (Fsp3) is 0.505. The number of nitrogens with zero attached hydrogens (tertiary/aromatic N) is 8. The number of hydrogen-bond donors (Lipinski definition) is 8. The Morgan fingerprint density at radius 1 is 0.409 bits per heavy atom. The first kappa shape index (κ1) is 93.3. The number of ether oxygens (including phenoxy) is 8. The van der Waals surface area contributed by atoms with Gasteiger partial charge in [0.2, 0.25) is 11.8 Å². The summed E-state index contributed by atoms with van der Waals surface area (Å²) in [6.45, 7) is 16.1. The van der Waals surface area contributed by atoms with Crippen molar-refractivity contribution in [1.82, 2.24) is 75.4 Å². The van der Waals surface area contributed by atoms with Crippen LogP contribution in [0.1, 0.15) is 214 Å². The molecule has 7 amide bonds. The zero-order chi connectivity index (χ0) is 95.2. The fourth-order valence-corrected chi connectivity index (χ4v) is 23.2. The molecule has 7 saturated heterocycles. The van der Waals surface area contributed by atoms with Crippen LogP contribution in [0.4, 0.5) is 24.0 Å². The molecule has 11 heterocycles. The van der Waals surface area contributed by atoms with Crippen molar-refractivity contribution in [2.24, 2.45) is 29.6 Å². The Hall–Kier alpha value is -12.7. The number of hydrogen-bond acceptors (Lipinski definition) is 20. The number of likely N-dealkylation sites (tertiary alicyclic amines) is 4. The number of piperidine rings is 2. The number of H-pyrrole nitrogens is 4. The highest BCUT2D eigenvalue weighted by atomic mass is 16.6. The molecule has 21 rings (SSSR count). The number of alkyl carbamates (subject to hydrolysis) is 3. The lowest BCUT2D eigenvalue weighted by Gasteiger charge is -2.39. The van der Waals surface area contributed by atoms with Gasteiger partial charge in [-0.05, 0) is 314 Å². The molecule has 4 bridgehead atoms. The average molecular weight is 1870 g/mol. The number of aliphatic carboxylic acids is 1. The van der Waals surface area contributed by atoms with Crippen molar-refractivity contribution in [3.05, 3.63) is 167 Å². The highest BCUT2D eigenvalue weighted by Gasteiger charge is 2.54. The van der Waals surface area contributed by atoms with Crippen LogP contribution in [0.2, 0.25) is 0 Å². The number of methoxy groups -OCH3 is 3. The van der Waals surface area contributed by atoms with E-state index < -0.39 is 53.6 Å². The maximum atomic E-state index is 14.5. The Labute approximate surface area is 796 Å². The van der Waals surface area contributed by atoms with Crippen molar-refractivity contribution in [2.45, 2.75) is 236 Å². The van der Waals surface area contributed by atoms with Gasteiger partial charge in [-0.3, -0.25) is 19.4 Å². The van der Waals surface area contributed by atoms with E-state index in [1.165, 1.54) is 71.4 Å². The molecular formula is C105H125N15O17. The van der Waals surface area contributed by atoms with E-state index in [0.717, 1.165) is 174 Å². The lowest BCUT2D eigenvalue weighted by molar-refractivity contribution is -0.142. The monoisotopic (exact) mass is 1870 g/mol. The zero-order valence-corrected chi connectivity index (χ0v) is 79.5. The summed E-state index contributed by atoms with van der Waals surface area (Å²) in [6, 6.07) is 37.2. The van der Waals surface area contributed by atoms with E-state index in [0.29, 0.717) is 103 Å². The molecule has 722 valence electrons. The first-order valence-electron chi connectivity index (χ1n) is 48.9. The van der Waals surface area contributed by atoms with Gasteiger partial charge in [0, 0.05) is 64.8 Å². The van der Waals surface area contributed by atoms with Gasteiger partial charge in [0.25, 0.3) is 0 Å². The normalized spacial score (nSPS) is 22.5. The van der Waals surface area contributed by atoms with Crippen LogP contribution in [0.3, 0.4) is 0 Å². The van der Waals surface area contributed by atoms with Gasteiger partial charge < -0.3 is 88.7 Å². The first-order valence-corrected chi connectivity index (χ1v) is 48.9. The van der Waals surface area contributed by atoms with Gasteiger partial charge in [-0.1, -0.05) is 72.8 Å². The zero-order valence-electron chi connectivity index (χ0n) is 79.5. The smallest absolute Gasteiger partial charge is 0.411 e. The van der Waals surface area contributed by atoms with Gasteiger partial charge in [-0.15, -0.1) is 0 Å². The number of amides is 7. The molecule has 4 aliphatic carbocycles. The minimum absolute atomic E-state index is 0.0248. The molecule has 32 heteroatoms. The summed E-state index contributed by atoms with van der Waals surface area (Å²) in [5.74, 6) is 2.58. The van der Waals surface area contributed by atoms with Crippen molar-refractivity contribution in [3.8, 4) is 67.0 Å². The standard InChI is InChI=1S/C52H60N8O8.C44H50N6O4.C9H15NO5/c1-65-51(63)57-44(29-15-20-67-21-16-29)49(61)59-19-3-4-43(59)47-53-28-42(56-47)35-9-13-39-34(25-35)6-5-33-24-31(8-12-38(33)39)32-10-14-40-41(27-32)55-48(54-40)46-36-7-11-37(26-36)60(46)50(62)45(58-52(64)66-2)30-17-22-68-23-18-30;1-43(2,3)53-41(51)49-19-7-8-37(49)39-45-24-36(48-39)29-13-17-33-28(21-29)10-9-27-20-25(12-16-32(27)33)26-14-18-34-35(23-26)47-40(46-34)38-30-11-15-31(22-30)50(38)42(52)54-44(4,5)6;1-14-9(13)10-7(8(11)12)6-2-4-15-5-3-6/h8-10,12-14,24-25,27-30,36-37,43-46H,3-7,11,15-23,26H2,1-2H3,(H,53,56)(H,54,55)(H,57,63)(H,58,64);12-14,16-18,20-21,23-24,30-31,37-38H,7-11,15,19,22H2,1-6H3,(H,45,48)(H,46,47);6-7H,2-5H2,1H3,(H,10,13)(H,11,12)/t36-,37+,43-,44-,45-,46-;30-,31+,37-,38-;7-/m000/s1. The number of carboxylic acid groups (broad SMARTS) is 1. The highest BCUT2D eigenvalue weighted by molar-refractivity contribution is 5.91. The van der Waals surface area contributed by atoms with Gasteiger partial charge >= 0.3 is 36.4 Å². The number of fused-ring (bicyclic) bond motifs is 12. The molecule has 6 aromatic carbocycles. The van der Waals surface area contributed by atoms with E-state index in [1.807, 2.05) is 68.6 Å². The molecule has 0 radical (unpaired) electrons. The van der Waals surface area contributed by atoms with Crippen molar-refractivity contribution in [3.63, 3.8) is 0 Å². The summed E-state index contributed by atoms with van der Waals surface area (Å²) < 4.78 is 42.0. The third-order valence-corrected chi connectivity index (χ3v) is 29.8. The van der Waals surface area contributed by atoms with Gasteiger partial charge in [0.05, 0.1) is 91.3 Å². The molecule has 11 atom stereocenters. The van der Waals surface area contributed by atoms with Gasteiger partial charge in [-0.2, -0.15) is 0 Å². The summed E-state index contributed by atoms with van der Waals surface area (Å²) in [6.07, 6.45) is 18.6. The molecular weight excluding hydrogens is 1740 g/mol. The van der Waals surface area contributed by atoms with E-state index in [-0.39, 0.29) is 78.0 Å². The number of carbonyl (C=O) groups excluding carboxylic acids is 7. The van der Waals surface area contributed by atoms with E-state index in [2.05, 4.69) is 150 Å². The molecule has 11 aliphatic rings. The van der Waals surface area contributed by atoms with Crippen LogP contribution < -0.4 is 16.0 Å². The minimum Gasteiger partial charge on any atom is -0.480 e. The van der Waals surface area contributed by atoms with Gasteiger partial charge in [0.1, 0.15) is 52.6 Å². The van der Waals surface area contributed by atoms with Gasteiger partial charge in [0.15, 0.2) is 0 Å². The number of nitrogens with one attached hydrogen (secondary N) is 7. The van der Waals surface area contributed by atoms with Crippen LogP contribution in [0, 0.1) is 29.6 Å². The third kappa shape index (κ3) is 19.7. The molecule has 8 N–H and O–H groups in total. The number of benzene rings is 6. The Morgan fingerprint density at radius 2 is 0.774 bits per heavy atom. The number of carboxylic acids is 1. The molecule has 0 spiro atoms. The summed E-state index contributed by atoms with van der Waals surface area (Å²) in [4.78, 5) is 143. The van der Waals surface area contributed by atoms with Crippen molar-refractivity contribution in [2.75, 3.05) is 74.1 Å². The van der Waals surface area contributed by atoms with E-state index in [1.54, 1.807) is 4.90 Å². The number of aromatic nitrogens is 8. The lowest BCUT2D eigenvalue weighted by Crippen LogP contribution is -2.55. The maximum absolute atomic E-state index is 14.5. The second-order valence-electron chi connectivity index (χ2n) is 40.6. The predicted octanol–water partition coefficient (Wildman–Crippen LogP) is 17.5. The minimum atomic E-state index is -1.03. The van der Waals surface area contributed by atoms with Crippen molar-refractivity contribution >= 4 is 70.3 Å². The summed E-state index contributed by atoms with van der Waals surface area (Å²) >= 11 is 0. The van der Waals surface area contributed by atoms with Crippen LogP contribution in [0.5, 0.6) is 0 Å². The number of aromatic amines is 4. The fourth-order valence-electron chi connectivity index (χ4n) is 23.2. The first-order chi connectivity index (χ1) is 66.2. The van der Waals surface area contributed by atoms with Crippen LogP contribution in [-0.2, 0) is 78.0 Å². The number of carbonyl (C=O) groups is 8. The van der Waals surface area contributed by atoms with Crippen LogP contribution in [-0.4, -0.2) is 228 Å². The van der Waals surface area contributed by atoms with E-state index in [4.69, 9.17) is 58.2 Å². The summed E-state index contributed by atoms with van der Waals surface area (Å²) in [5.41, 5.74) is 21.4. The Balaban J connectivity index is 0.000000155. The molecule has 32 nitrogen and oxygen atoms in total. The molecule has 7 aliphatic heterocycles. The summed E-state index contributed by atoms with van der Waals surface area (Å²) in [5, 5.41) is 17.0. The van der Waals surface area contributed by atoms with E-state index in [9.17, 15) is 38.4 Å². The largest absolute Gasteiger partial charge is 0.480 e. The molecule has 0 unspecified atom stereocenters. The Kier molecular flexibility index (Phi) is 26.9. The summed E-state index contributed by atoms with van der Waals surface area (Å²) in [7, 11) is 3.86. The highest BCUT2D eigenvalue weighted by Crippen LogP contribution is 2.53. The van der Waals surface area contributed by atoms with E-state index >= 15 is 0 Å². The van der Waals surface area contributed by atoms with Crippen LogP contribution >= 0.6 is 0 Å². The number of aryl methyl sites for hydroxylation is 4. The maximum Gasteiger partial charge on any atom is 0.411 e. The number of rotatable bonds is 17. The van der Waals surface area contributed by atoms with Crippen molar-refractivity contribution < 1.29 is 81.4 Å². The number of imidazole rings is 4. The molecule has 4 aromatic heterocycles. The Morgan fingerprint density at radius 3 is 1.20 bits per heavy atom. The predicted molar refractivity (Wildman–Crippen MR) is 511 cm³/mol. The molecule has 9 fully saturated rings. The Bertz CT molecular complexity index is 6180. The lowest BCUT2D eigenvalue weighted by atomic mass is 9.83. The topological polar surface area (TPSA) is 394 Å². The average Bonchev–Trinajstić information content (AvgIpc) is 1.59. The van der Waals surface area contributed by atoms with Crippen LogP contribution in [0.25, 0.3) is 89.1 Å².